The molecule has 168 valence electrons. The summed E-state index contributed by atoms with van der Waals surface area (Å²) in [7, 11) is -3.58. The Balaban J connectivity index is 1.34. The van der Waals surface area contributed by atoms with Crippen LogP contribution in [0.5, 0.6) is 0 Å². The van der Waals surface area contributed by atoms with Gasteiger partial charge in [-0.2, -0.15) is 4.31 Å². The minimum Gasteiger partial charge on any atom is -0.378 e. The molecule has 0 spiro atoms. The summed E-state index contributed by atoms with van der Waals surface area (Å²) in [5.41, 5.74) is 0. The van der Waals surface area contributed by atoms with Gasteiger partial charge in [-0.15, -0.1) is 0 Å². The van der Waals surface area contributed by atoms with Crippen LogP contribution in [0.4, 0.5) is 11.6 Å². The number of hydrogen-bond donors (Lipinski definition) is 0. The van der Waals surface area contributed by atoms with Crippen molar-refractivity contribution in [2.24, 2.45) is 0 Å². The number of rotatable bonds is 4. The van der Waals surface area contributed by atoms with Crippen LogP contribution in [0.1, 0.15) is 5.82 Å². The van der Waals surface area contributed by atoms with Crippen LogP contribution in [0, 0.1) is 6.92 Å². The Hall–Kier alpha value is -2.75. The molecule has 0 aliphatic carbocycles. The van der Waals surface area contributed by atoms with E-state index in [0.717, 1.165) is 41.3 Å². The van der Waals surface area contributed by atoms with E-state index in [1.165, 1.54) is 0 Å². The third-order valence-corrected chi connectivity index (χ3v) is 8.03. The maximum atomic E-state index is 13.4. The Kier molecular flexibility index (Phi) is 5.71. The van der Waals surface area contributed by atoms with E-state index in [9.17, 15) is 8.42 Å². The summed E-state index contributed by atoms with van der Waals surface area (Å²) in [6.45, 7) is 6.93. The number of morpholine rings is 1. The molecule has 3 aromatic rings. The molecule has 0 radical (unpaired) electrons. The minimum atomic E-state index is -3.58. The summed E-state index contributed by atoms with van der Waals surface area (Å²) >= 11 is 0. The molecule has 2 saturated heterocycles. The van der Waals surface area contributed by atoms with E-state index >= 15 is 0 Å². The SMILES string of the molecule is Cc1nc(N2CCOCC2)cc(N2CCN(S(=O)(=O)c3cccc4ccccc34)CC2)n1. The summed E-state index contributed by atoms with van der Waals surface area (Å²) < 4.78 is 33.9. The van der Waals surface area contributed by atoms with Crippen LogP contribution >= 0.6 is 0 Å². The molecule has 0 amide bonds. The van der Waals surface area contributed by atoms with Crippen molar-refractivity contribution in [3.05, 3.63) is 54.4 Å². The van der Waals surface area contributed by atoms with E-state index in [-0.39, 0.29) is 0 Å². The van der Waals surface area contributed by atoms with E-state index < -0.39 is 10.0 Å². The first-order valence-corrected chi connectivity index (χ1v) is 12.4. The fourth-order valence-electron chi connectivity index (χ4n) is 4.37. The lowest BCUT2D eigenvalue weighted by atomic mass is 10.1. The van der Waals surface area contributed by atoms with Crippen molar-refractivity contribution in [2.45, 2.75) is 11.8 Å². The smallest absolute Gasteiger partial charge is 0.243 e. The van der Waals surface area contributed by atoms with Gasteiger partial charge in [0, 0.05) is 50.7 Å². The molecule has 2 aliphatic rings. The van der Waals surface area contributed by atoms with Crippen LogP contribution in [0.2, 0.25) is 0 Å². The molecule has 0 unspecified atom stereocenters. The number of piperazine rings is 1. The Morgan fingerprint density at radius 1 is 0.812 bits per heavy atom. The van der Waals surface area contributed by atoms with Crippen LogP contribution in [0.25, 0.3) is 10.8 Å². The lowest BCUT2D eigenvalue weighted by Crippen LogP contribution is -2.49. The van der Waals surface area contributed by atoms with Crippen molar-refractivity contribution in [3.8, 4) is 0 Å². The Bertz CT molecular complexity index is 1210. The maximum Gasteiger partial charge on any atom is 0.243 e. The predicted octanol–water partition coefficient (Wildman–Crippen LogP) is 2.29. The highest BCUT2D eigenvalue weighted by Gasteiger charge is 2.30. The highest BCUT2D eigenvalue weighted by molar-refractivity contribution is 7.89. The predicted molar refractivity (Wildman–Crippen MR) is 125 cm³/mol. The number of benzene rings is 2. The normalized spacial score (nSPS) is 18.3. The fraction of sp³-hybridized carbons (Fsp3) is 0.391. The lowest BCUT2D eigenvalue weighted by Gasteiger charge is -2.35. The van der Waals surface area contributed by atoms with E-state index in [0.29, 0.717) is 44.3 Å². The molecule has 0 N–H and O–H groups in total. The average molecular weight is 454 g/mol. The van der Waals surface area contributed by atoms with Crippen molar-refractivity contribution in [3.63, 3.8) is 0 Å². The standard InChI is InChI=1S/C23H27N5O3S/c1-18-24-22(17-23(25-18)27-13-15-31-16-14-27)26-9-11-28(12-10-26)32(29,30)21-8-4-6-19-5-2-3-7-20(19)21/h2-8,17H,9-16H2,1H3. The molecule has 0 saturated carbocycles. The molecule has 1 aromatic heterocycles. The number of nitrogens with zero attached hydrogens (tertiary/aromatic N) is 5. The van der Waals surface area contributed by atoms with Gasteiger partial charge < -0.3 is 14.5 Å². The molecule has 0 bridgehead atoms. The highest BCUT2D eigenvalue weighted by atomic mass is 32.2. The number of aryl methyl sites for hydroxylation is 1. The van der Waals surface area contributed by atoms with Gasteiger partial charge in [-0.1, -0.05) is 36.4 Å². The van der Waals surface area contributed by atoms with Crippen molar-refractivity contribution in [1.29, 1.82) is 0 Å². The molecule has 9 heteroatoms. The summed E-state index contributed by atoms with van der Waals surface area (Å²) in [6, 6.07) is 15.1. The number of ether oxygens (including phenoxy) is 1. The van der Waals surface area contributed by atoms with E-state index in [1.54, 1.807) is 10.4 Å². The molecule has 8 nitrogen and oxygen atoms in total. The Labute approximate surface area is 188 Å². The van der Waals surface area contributed by atoms with Crippen LogP contribution in [0.3, 0.4) is 0 Å². The molecule has 5 rings (SSSR count). The summed E-state index contributed by atoms with van der Waals surface area (Å²) in [4.78, 5) is 14.0. The first-order chi connectivity index (χ1) is 15.5. The molecule has 0 atom stereocenters. The molecule has 2 aliphatic heterocycles. The van der Waals surface area contributed by atoms with Crippen molar-refractivity contribution in [1.82, 2.24) is 14.3 Å². The topological polar surface area (TPSA) is 78.9 Å². The molecular weight excluding hydrogens is 426 g/mol. The first-order valence-electron chi connectivity index (χ1n) is 10.9. The Morgan fingerprint density at radius 2 is 1.44 bits per heavy atom. The number of sulfonamides is 1. The van der Waals surface area contributed by atoms with E-state index in [2.05, 4.69) is 19.8 Å². The van der Waals surface area contributed by atoms with Crippen molar-refractivity contribution >= 4 is 32.4 Å². The van der Waals surface area contributed by atoms with Crippen LogP contribution in [-0.4, -0.2) is 75.2 Å². The van der Waals surface area contributed by atoms with Crippen molar-refractivity contribution < 1.29 is 13.2 Å². The molecule has 3 heterocycles. The van der Waals surface area contributed by atoms with Crippen LogP contribution in [0.15, 0.2) is 53.4 Å². The van der Waals surface area contributed by atoms with Gasteiger partial charge in [0.1, 0.15) is 17.5 Å². The second kappa shape index (κ2) is 8.65. The molecule has 2 aromatic carbocycles. The van der Waals surface area contributed by atoms with Gasteiger partial charge in [0.15, 0.2) is 0 Å². The van der Waals surface area contributed by atoms with Crippen molar-refractivity contribution in [2.75, 3.05) is 62.3 Å². The summed E-state index contributed by atoms with van der Waals surface area (Å²) in [5.74, 6) is 2.47. The zero-order valence-corrected chi connectivity index (χ0v) is 19.0. The largest absolute Gasteiger partial charge is 0.378 e. The van der Waals surface area contributed by atoms with Gasteiger partial charge in [-0.25, -0.2) is 18.4 Å². The fourth-order valence-corrected chi connectivity index (χ4v) is 6.01. The van der Waals surface area contributed by atoms with Gasteiger partial charge in [0.05, 0.1) is 18.1 Å². The van der Waals surface area contributed by atoms with Crippen LogP contribution in [-0.2, 0) is 14.8 Å². The third kappa shape index (κ3) is 4.03. The second-order valence-corrected chi connectivity index (χ2v) is 10.0. The zero-order valence-electron chi connectivity index (χ0n) is 18.1. The number of hydrogen-bond acceptors (Lipinski definition) is 7. The van der Waals surface area contributed by atoms with E-state index in [4.69, 9.17) is 4.74 Å². The number of aromatic nitrogens is 2. The van der Waals surface area contributed by atoms with Gasteiger partial charge in [0.25, 0.3) is 0 Å². The minimum absolute atomic E-state index is 0.372. The van der Waals surface area contributed by atoms with Gasteiger partial charge in [0.2, 0.25) is 10.0 Å². The van der Waals surface area contributed by atoms with Gasteiger partial charge >= 0.3 is 0 Å². The number of fused-ring (bicyclic) bond motifs is 1. The first kappa shape index (κ1) is 21.1. The van der Waals surface area contributed by atoms with E-state index in [1.807, 2.05) is 49.4 Å². The average Bonchev–Trinajstić information content (AvgIpc) is 2.84. The summed E-state index contributed by atoms with van der Waals surface area (Å²) in [6.07, 6.45) is 0. The maximum absolute atomic E-state index is 13.4. The monoisotopic (exact) mass is 453 g/mol. The molecule has 2 fully saturated rings. The van der Waals surface area contributed by atoms with Crippen LogP contribution < -0.4 is 9.80 Å². The zero-order chi connectivity index (χ0) is 22.1. The number of anilines is 2. The quantitative estimate of drug-likeness (QED) is 0.600. The van der Waals surface area contributed by atoms with Gasteiger partial charge in [-0.05, 0) is 18.4 Å². The Morgan fingerprint density at radius 3 is 2.16 bits per heavy atom. The second-order valence-electron chi connectivity index (χ2n) is 8.10. The lowest BCUT2D eigenvalue weighted by molar-refractivity contribution is 0.122. The summed E-state index contributed by atoms with van der Waals surface area (Å²) in [5, 5.41) is 1.69. The van der Waals surface area contributed by atoms with Gasteiger partial charge in [-0.3, -0.25) is 0 Å². The molecular formula is C23H27N5O3S. The third-order valence-electron chi connectivity index (χ3n) is 6.08. The molecule has 32 heavy (non-hydrogen) atoms. The highest BCUT2D eigenvalue weighted by Crippen LogP contribution is 2.27.